The number of hydrogen-bond donors (Lipinski definition) is 2. The second-order valence-corrected chi connectivity index (χ2v) is 5.25. The number of nitrogens with one attached hydrogen (secondary N) is 2. The van der Waals surface area contributed by atoms with Crippen LogP contribution in [-0.2, 0) is 0 Å². The summed E-state index contributed by atoms with van der Waals surface area (Å²) in [7, 11) is 3.76. The van der Waals surface area contributed by atoms with Gasteiger partial charge in [0.25, 0.3) is 0 Å². The van der Waals surface area contributed by atoms with Crippen LogP contribution in [0.2, 0.25) is 0 Å². The Balaban J connectivity index is 2.06. The minimum Gasteiger partial charge on any atom is -0.388 e. The van der Waals surface area contributed by atoms with Crippen LogP contribution in [0.15, 0.2) is 48.9 Å². The van der Waals surface area contributed by atoms with Gasteiger partial charge >= 0.3 is 0 Å². The van der Waals surface area contributed by atoms with E-state index in [0.717, 1.165) is 34.0 Å². The van der Waals surface area contributed by atoms with Crippen LogP contribution in [-0.4, -0.2) is 29.0 Å². The molecule has 3 rings (SSSR count). The number of aryl methyl sites for hydroxylation is 1. The van der Waals surface area contributed by atoms with E-state index < -0.39 is 0 Å². The van der Waals surface area contributed by atoms with Crippen molar-refractivity contribution in [2.45, 2.75) is 6.92 Å². The summed E-state index contributed by atoms with van der Waals surface area (Å²) in [6.45, 7) is 2.08. The Hall–Kier alpha value is -2.95. The Morgan fingerprint density at radius 2 is 1.74 bits per heavy atom. The van der Waals surface area contributed by atoms with Gasteiger partial charge in [-0.1, -0.05) is 6.07 Å². The maximum atomic E-state index is 4.78. The third-order valence-electron chi connectivity index (χ3n) is 3.75. The Morgan fingerprint density at radius 1 is 0.913 bits per heavy atom. The van der Waals surface area contributed by atoms with Crippen LogP contribution in [0.25, 0.3) is 22.5 Å². The minimum atomic E-state index is 0.808. The zero-order valence-electron chi connectivity index (χ0n) is 13.5. The number of rotatable bonds is 4. The summed E-state index contributed by atoms with van der Waals surface area (Å²) in [5.41, 5.74) is 5.98. The molecule has 0 fully saturated rings. The van der Waals surface area contributed by atoms with Gasteiger partial charge in [-0.25, -0.2) is 9.97 Å². The topological polar surface area (TPSA) is 62.7 Å². The number of nitrogens with zero attached hydrogens (tertiary/aromatic N) is 3. The van der Waals surface area contributed by atoms with Crippen molar-refractivity contribution in [3.63, 3.8) is 0 Å². The van der Waals surface area contributed by atoms with Crippen LogP contribution in [0, 0.1) is 6.92 Å². The summed E-state index contributed by atoms with van der Waals surface area (Å²) < 4.78 is 0. The van der Waals surface area contributed by atoms with E-state index in [1.165, 1.54) is 5.56 Å². The van der Waals surface area contributed by atoms with E-state index in [9.17, 15) is 0 Å². The molecule has 0 saturated carbocycles. The molecule has 0 aliphatic rings. The van der Waals surface area contributed by atoms with Crippen LogP contribution in [0.3, 0.4) is 0 Å². The number of aromatic nitrogens is 3. The molecule has 23 heavy (non-hydrogen) atoms. The van der Waals surface area contributed by atoms with Crippen molar-refractivity contribution in [2.75, 3.05) is 24.7 Å². The Morgan fingerprint density at radius 3 is 2.52 bits per heavy atom. The van der Waals surface area contributed by atoms with E-state index in [2.05, 4.69) is 45.7 Å². The summed E-state index contributed by atoms with van der Waals surface area (Å²) in [6, 6.07) is 10.1. The molecular formula is C18H19N5. The second kappa shape index (κ2) is 6.44. The predicted octanol–water partition coefficient (Wildman–Crippen LogP) is 3.60. The second-order valence-electron chi connectivity index (χ2n) is 5.25. The largest absolute Gasteiger partial charge is 0.388 e. The molecule has 0 aliphatic heterocycles. The van der Waals surface area contributed by atoms with Gasteiger partial charge in [-0.05, 0) is 36.8 Å². The monoisotopic (exact) mass is 305 g/mol. The highest BCUT2D eigenvalue weighted by molar-refractivity contribution is 5.71. The molecule has 2 heterocycles. The van der Waals surface area contributed by atoms with Gasteiger partial charge in [-0.2, -0.15) is 0 Å². The molecular weight excluding hydrogens is 286 g/mol. The fourth-order valence-corrected chi connectivity index (χ4v) is 2.41. The molecule has 5 heteroatoms. The summed E-state index contributed by atoms with van der Waals surface area (Å²) in [5.74, 6) is 0.808. The van der Waals surface area contributed by atoms with Gasteiger partial charge in [-0.3, -0.25) is 4.98 Å². The fraction of sp³-hybridized carbons (Fsp3) is 0.167. The highest BCUT2D eigenvalue weighted by Crippen LogP contribution is 2.27. The molecule has 0 aliphatic carbocycles. The van der Waals surface area contributed by atoms with Crippen molar-refractivity contribution in [1.82, 2.24) is 15.0 Å². The van der Waals surface area contributed by atoms with E-state index in [4.69, 9.17) is 4.98 Å². The maximum absolute atomic E-state index is 4.78. The molecule has 0 amide bonds. The molecule has 0 radical (unpaired) electrons. The third kappa shape index (κ3) is 3.13. The smallest absolute Gasteiger partial charge is 0.126 e. The zero-order valence-corrected chi connectivity index (χ0v) is 13.5. The van der Waals surface area contributed by atoms with Gasteiger partial charge in [0.15, 0.2) is 0 Å². The van der Waals surface area contributed by atoms with E-state index in [-0.39, 0.29) is 0 Å². The highest BCUT2D eigenvalue weighted by Gasteiger charge is 2.08. The van der Waals surface area contributed by atoms with Crippen molar-refractivity contribution in [3.05, 3.63) is 54.5 Å². The van der Waals surface area contributed by atoms with E-state index in [1.54, 1.807) is 18.6 Å². The molecule has 2 aromatic heterocycles. The number of hydrogen-bond acceptors (Lipinski definition) is 5. The third-order valence-corrected chi connectivity index (χ3v) is 3.75. The van der Waals surface area contributed by atoms with Crippen molar-refractivity contribution in [2.24, 2.45) is 0 Å². The molecule has 0 atom stereocenters. The first-order chi connectivity index (χ1) is 11.2. The summed E-state index contributed by atoms with van der Waals surface area (Å²) in [5, 5.41) is 6.20. The SMILES string of the molecule is CNc1ccc(C)c(-c2cncc(-c3ccnc(NC)c3)n2)c1. The van der Waals surface area contributed by atoms with E-state index >= 15 is 0 Å². The van der Waals surface area contributed by atoms with Crippen LogP contribution in [0.5, 0.6) is 0 Å². The van der Waals surface area contributed by atoms with Gasteiger partial charge in [0.05, 0.1) is 23.8 Å². The van der Waals surface area contributed by atoms with Gasteiger partial charge in [0, 0.05) is 37.1 Å². The lowest BCUT2D eigenvalue weighted by atomic mass is 10.0. The predicted molar refractivity (Wildman–Crippen MR) is 94.5 cm³/mol. The van der Waals surface area contributed by atoms with Crippen molar-refractivity contribution in [3.8, 4) is 22.5 Å². The molecule has 0 saturated heterocycles. The van der Waals surface area contributed by atoms with Gasteiger partial charge in [-0.15, -0.1) is 0 Å². The normalized spacial score (nSPS) is 10.4. The summed E-state index contributed by atoms with van der Waals surface area (Å²) in [4.78, 5) is 13.4. The summed E-state index contributed by atoms with van der Waals surface area (Å²) >= 11 is 0. The Labute approximate surface area is 135 Å². The lowest BCUT2D eigenvalue weighted by Crippen LogP contribution is -1.96. The standard InChI is InChI=1S/C18H19N5/c1-12-4-5-14(19-2)9-15(12)17-11-21-10-16(23-17)13-6-7-22-18(8-13)20-3/h4-11,19H,1-3H3,(H,20,22). The van der Waals surface area contributed by atoms with E-state index in [0.29, 0.717) is 0 Å². The molecule has 5 nitrogen and oxygen atoms in total. The lowest BCUT2D eigenvalue weighted by Gasteiger charge is -2.10. The molecule has 0 spiro atoms. The summed E-state index contributed by atoms with van der Waals surface area (Å²) in [6.07, 6.45) is 5.34. The highest BCUT2D eigenvalue weighted by atomic mass is 14.9. The van der Waals surface area contributed by atoms with Crippen molar-refractivity contribution < 1.29 is 0 Å². The number of benzene rings is 1. The van der Waals surface area contributed by atoms with Gasteiger partial charge in [0.1, 0.15) is 5.82 Å². The minimum absolute atomic E-state index is 0.808. The Kier molecular flexibility index (Phi) is 4.19. The number of pyridine rings is 1. The first-order valence-electron chi connectivity index (χ1n) is 7.46. The molecule has 3 aromatic rings. The quantitative estimate of drug-likeness (QED) is 0.771. The fourth-order valence-electron chi connectivity index (χ4n) is 2.41. The van der Waals surface area contributed by atoms with Gasteiger partial charge in [0.2, 0.25) is 0 Å². The first-order valence-corrected chi connectivity index (χ1v) is 7.46. The number of anilines is 2. The van der Waals surface area contributed by atoms with Crippen molar-refractivity contribution in [1.29, 1.82) is 0 Å². The maximum Gasteiger partial charge on any atom is 0.126 e. The Bertz CT molecular complexity index is 829. The first kappa shape index (κ1) is 15.0. The molecule has 1 aromatic carbocycles. The van der Waals surface area contributed by atoms with Crippen LogP contribution in [0.1, 0.15) is 5.56 Å². The zero-order chi connectivity index (χ0) is 16.2. The van der Waals surface area contributed by atoms with Crippen LogP contribution in [0.4, 0.5) is 11.5 Å². The molecule has 0 unspecified atom stereocenters. The molecule has 0 bridgehead atoms. The lowest BCUT2D eigenvalue weighted by molar-refractivity contribution is 1.19. The molecule has 116 valence electrons. The van der Waals surface area contributed by atoms with Crippen LogP contribution < -0.4 is 10.6 Å². The van der Waals surface area contributed by atoms with E-state index in [1.807, 2.05) is 26.2 Å². The van der Waals surface area contributed by atoms with Crippen molar-refractivity contribution >= 4 is 11.5 Å². The molecule has 2 N–H and O–H groups in total. The van der Waals surface area contributed by atoms with Gasteiger partial charge < -0.3 is 10.6 Å². The van der Waals surface area contributed by atoms with Crippen LogP contribution >= 0.6 is 0 Å². The average Bonchev–Trinajstić information content (AvgIpc) is 2.62. The average molecular weight is 305 g/mol.